The summed E-state index contributed by atoms with van der Waals surface area (Å²) in [6, 6.07) is 14.1. The molecule has 1 aromatic carbocycles. The van der Waals surface area contributed by atoms with E-state index in [-0.39, 0.29) is 18.1 Å². The number of nitrogens with one attached hydrogen (secondary N) is 1. The van der Waals surface area contributed by atoms with Crippen molar-refractivity contribution in [1.29, 1.82) is 0 Å². The van der Waals surface area contributed by atoms with E-state index in [2.05, 4.69) is 22.2 Å². The molecule has 4 heterocycles. The number of anilines is 1. The zero-order valence-electron chi connectivity index (χ0n) is 15.1. The highest BCUT2D eigenvalue weighted by atomic mass is 16.2. The second kappa shape index (κ2) is 6.20. The van der Waals surface area contributed by atoms with Gasteiger partial charge in [0.25, 0.3) is 0 Å². The van der Waals surface area contributed by atoms with E-state index in [4.69, 9.17) is 0 Å². The average Bonchev–Trinajstić information content (AvgIpc) is 3.28. The Bertz CT molecular complexity index is 987. The fourth-order valence-electron chi connectivity index (χ4n) is 4.39. The number of pyridine rings is 2. The number of amides is 2. The normalized spacial score (nSPS) is 19.8. The van der Waals surface area contributed by atoms with Crippen LogP contribution in [0.3, 0.4) is 0 Å². The molecule has 5 rings (SSSR count). The number of rotatable bonds is 2. The first-order chi connectivity index (χ1) is 13.2. The lowest BCUT2D eigenvalue weighted by Gasteiger charge is -2.23. The van der Waals surface area contributed by atoms with E-state index in [0.29, 0.717) is 0 Å². The van der Waals surface area contributed by atoms with Gasteiger partial charge in [-0.3, -0.25) is 9.97 Å². The average molecular weight is 356 g/mol. The maximum Gasteiger partial charge on any atom is 0.322 e. The number of hydrogen-bond donors (Lipinski definition) is 1. The largest absolute Gasteiger partial charge is 0.322 e. The Balaban J connectivity index is 1.41. The summed E-state index contributed by atoms with van der Waals surface area (Å²) in [5, 5.41) is 3.10. The van der Waals surface area contributed by atoms with Crippen molar-refractivity contribution < 1.29 is 4.79 Å². The summed E-state index contributed by atoms with van der Waals surface area (Å²) in [5.74, 6) is 0. The summed E-state index contributed by atoms with van der Waals surface area (Å²) in [4.78, 5) is 23.7. The van der Waals surface area contributed by atoms with E-state index in [9.17, 15) is 4.79 Å². The minimum Gasteiger partial charge on any atom is -0.310 e. The van der Waals surface area contributed by atoms with Gasteiger partial charge in [0.1, 0.15) is 0 Å². The lowest BCUT2D eigenvalue weighted by atomic mass is 9.94. The molecule has 2 amide bonds. The Morgan fingerprint density at radius 2 is 1.93 bits per heavy atom. The zero-order valence-corrected chi connectivity index (χ0v) is 15.1. The molecule has 2 atom stereocenters. The van der Waals surface area contributed by atoms with Crippen LogP contribution in [-0.2, 0) is 0 Å². The summed E-state index contributed by atoms with van der Waals surface area (Å²) < 4.78 is 0. The number of nitrogens with zero attached hydrogens (tertiary/aromatic N) is 3. The number of urea groups is 1. The van der Waals surface area contributed by atoms with Gasteiger partial charge in [-0.15, -0.1) is 0 Å². The van der Waals surface area contributed by atoms with Crippen LogP contribution in [-0.4, -0.2) is 20.9 Å². The molecule has 134 valence electrons. The van der Waals surface area contributed by atoms with Crippen LogP contribution >= 0.6 is 0 Å². The van der Waals surface area contributed by atoms with Gasteiger partial charge >= 0.3 is 6.03 Å². The van der Waals surface area contributed by atoms with Crippen LogP contribution in [0.25, 0.3) is 11.3 Å². The number of aryl methyl sites for hydroxylation is 1. The molecule has 5 nitrogen and oxygen atoms in total. The van der Waals surface area contributed by atoms with Crippen molar-refractivity contribution in [2.24, 2.45) is 0 Å². The first kappa shape index (κ1) is 16.0. The molecule has 1 N–H and O–H groups in total. The Morgan fingerprint density at radius 3 is 2.70 bits per heavy atom. The molecule has 1 fully saturated rings. The summed E-state index contributed by atoms with van der Waals surface area (Å²) in [5.41, 5.74) is 6.30. The van der Waals surface area contributed by atoms with Crippen molar-refractivity contribution in [2.75, 3.05) is 5.32 Å². The van der Waals surface area contributed by atoms with Gasteiger partial charge in [-0.1, -0.05) is 12.1 Å². The van der Waals surface area contributed by atoms with Gasteiger partial charge in [0.15, 0.2) is 0 Å². The van der Waals surface area contributed by atoms with Crippen LogP contribution in [0.1, 0.15) is 41.6 Å². The van der Waals surface area contributed by atoms with Crippen molar-refractivity contribution in [3.8, 4) is 11.3 Å². The van der Waals surface area contributed by atoms with Gasteiger partial charge in [0, 0.05) is 29.8 Å². The molecule has 2 aromatic heterocycles. The van der Waals surface area contributed by atoms with Gasteiger partial charge < -0.3 is 10.2 Å². The Kier molecular flexibility index (Phi) is 3.67. The minimum atomic E-state index is -0.0467. The standard InChI is InChI=1S/C22H20N4O/c1-14-5-6-15(12-17(14)19-4-2-3-10-24-19)25-22(27)26-20-7-8-21(26)18-13-23-11-9-16(18)20/h2-6,9-13,20-21H,7-8H2,1H3,(H,25,27)/t20-,21+/m1/s1. The molecule has 3 aromatic rings. The number of hydrogen-bond acceptors (Lipinski definition) is 3. The summed E-state index contributed by atoms with van der Waals surface area (Å²) in [6.07, 6.45) is 7.53. The molecule has 0 radical (unpaired) electrons. The number of fused-ring (bicyclic) bond motifs is 5. The molecule has 27 heavy (non-hydrogen) atoms. The third-order valence-electron chi connectivity index (χ3n) is 5.65. The van der Waals surface area contributed by atoms with Crippen LogP contribution in [0.5, 0.6) is 0 Å². The predicted octanol–water partition coefficient (Wildman–Crippen LogP) is 4.88. The van der Waals surface area contributed by atoms with Crippen LogP contribution in [0.4, 0.5) is 10.5 Å². The highest BCUT2D eigenvalue weighted by molar-refractivity contribution is 5.91. The Labute approximate surface area is 158 Å². The summed E-state index contributed by atoms with van der Waals surface area (Å²) in [6.45, 7) is 2.06. The van der Waals surface area contributed by atoms with E-state index in [1.54, 1.807) is 6.20 Å². The summed E-state index contributed by atoms with van der Waals surface area (Å²) >= 11 is 0. The lowest BCUT2D eigenvalue weighted by molar-refractivity contribution is 0.197. The maximum absolute atomic E-state index is 13.1. The SMILES string of the molecule is Cc1ccc(NC(=O)N2[C@@H]3CC[C@H]2c2cnccc23)cc1-c1ccccn1. The third-order valence-corrected chi connectivity index (χ3v) is 5.65. The molecule has 0 spiro atoms. The maximum atomic E-state index is 13.1. The molecular formula is C22H20N4O. The van der Waals surface area contributed by atoms with E-state index in [1.807, 2.05) is 59.8 Å². The zero-order chi connectivity index (χ0) is 18.4. The Morgan fingerprint density at radius 1 is 1.07 bits per heavy atom. The second-order valence-corrected chi connectivity index (χ2v) is 7.20. The molecular weight excluding hydrogens is 336 g/mol. The van der Waals surface area contributed by atoms with Crippen LogP contribution in [0.2, 0.25) is 0 Å². The summed E-state index contributed by atoms with van der Waals surface area (Å²) in [7, 11) is 0. The highest BCUT2D eigenvalue weighted by Gasteiger charge is 2.46. The quantitative estimate of drug-likeness (QED) is 0.712. The third kappa shape index (κ3) is 2.58. The molecule has 5 heteroatoms. The first-order valence-electron chi connectivity index (χ1n) is 9.27. The minimum absolute atomic E-state index is 0.0467. The highest BCUT2D eigenvalue weighted by Crippen LogP contribution is 2.52. The van der Waals surface area contributed by atoms with Crippen molar-refractivity contribution in [2.45, 2.75) is 31.8 Å². The lowest BCUT2D eigenvalue weighted by Crippen LogP contribution is -2.32. The van der Waals surface area contributed by atoms with E-state index < -0.39 is 0 Å². The topological polar surface area (TPSA) is 58.1 Å². The number of carbonyl (C=O) groups excluding carboxylic acids is 1. The molecule has 0 aliphatic carbocycles. The molecule has 0 saturated carbocycles. The fourth-order valence-corrected chi connectivity index (χ4v) is 4.39. The molecule has 2 aliphatic heterocycles. The molecule has 1 saturated heterocycles. The number of carbonyl (C=O) groups is 1. The first-order valence-corrected chi connectivity index (χ1v) is 9.27. The van der Waals surface area contributed by atoms with Crippen molar-refractivity contribution in [3.63, 3.8) is 0 Å². The van der Waals surface area contributed by atoms with Crippen LogP contribution in [0.15, 0.2) is 61.1 Å². The van der Waals surface area contributed by atoms with Gasteiger partial charge in [-0.05, 0) is 66.8 Å². The van der Waals surface area contributed by atoms with E-state index >= 15 is 0 Å². The van der Waals surface area contributed by atoms with Crippen molar-refractivity contribution >= 4 is 11.7 Å². The second-order valence-electron chi connectivity index (χ2n) is 7.20. The predicted molar refractivity (Wildman–Crippen MR) is 104 cm³/mol. The molecule has 2 aliphatic rings. The van der Waals surface area contributed by atoms with Crippen molar-refractivity contribution in [3.05, 3.63) is 77.7 Å². The van der Waals surface area contributed by atoms with Crippen LogP contribution in [0, 0.1) is 6.92 Å². The smallest absolute Gasteiger partial charge is 0.310 e. The van der Waals surface area contributed by atoms with Gasteiger partial charge in [-0.2, -0.15) is 0 Å². The number of aromatic nitrogens is 2. The van der Waals surface area contributed by atoms with Gasteiger partial charge in [0.2, 0.25) is 0 Å². The van der Waals surface area contributed by atoms with E-state index in [1.165, 1.54) is 11.1 Å². The van der Waals surface area contributed by atoms with Crippen LogP contribution < -0.4 is 5.32 Å². The van der Waals surface area contributed by atoms with E-state index in [0.717, 1.165) is 35.3 Å². The molecule has 2 bridgehead atoms. The fraction of sp³-hybridized carbons (Fsp3) is 0.227. The number of benzene rings is 1. The van der Waals surface area contributed by atoms with Gasteiger partial charge in [-0.25, -0.2) is 4.79 Å². The molecule has 0 unspecified atom stereocenters. The monoisotopic (exact) mass is 356 g/mol. The van der Waals surface area contributed by atoms with Gasteiger partial charge in [0.05, 0.1) is 17.8 Å². The Hall–Kier alpha value is -3.21. The van der Waals surface area contributed by atoms with Crippen molar-refractivity contribution in [1.82, 2.24) is 14.9 Å².